The Morgan fingerprint density at radius 3 is 2.40 bits per heavy atom. The molecule has 0 aromatic heterocycles. The minimum atomic E-state index is -0.143. The van der Waals surface area contributed by atoms with E-state index in [2.05, 4.69) is 5.32 Å². The number of ether oxygens (including phenoxy) is 3. The average Bonchev–Trinajstić information content (AvgIpc) is 2.53. The molecular formula is C15H21NO4. The van der Waals surface area contributed by atoms with E-state index in [1.165, 1.54) is 14.2 Å². The molecule has 5 heteroatoms. The van der Waals surface area contributed by atoms with E-state index in [1.54, 1.807) is 19.2 Å². The van der Waals surface area contributed by atoms with E-state index in [4.69, 9.17) is 14.2 Å². The molecule has 1 aromatic rings. The fraction of sp³-hybridized carbons (Fsp3) is 0.533. The number of ketones is 1. The minimum absolute atomic E-state index is 0.0440. The van der Waals surface area contributed by atoms with Gasteiger partial charge in [-0.05, 0) is 31.5 Å². The number of carbonyl (C=O) groups is 1. The first-order valence-electron chi connectivity index (χ1n) is 6.79. The van der Waals surface area contributed by atoms with Crippen LogP contribution in [0.3, 0.4) is 0 Å². The highest BCUT2D eigenvalue weighted by Crippen LogP contribution is 2.40. The molecule has 2 rings (SSSR count). The first-order chi connectivity index (χ1) is 9.72. The van der Waals surface area contributed by atoms with E-state index < -0.39 is 0 Å². The van der Waals surface area contributed by atoms with Gasteiger partial charge in [0.25, 0.3) is 0 Å². The van der Waals surface area contributed by atoms with Gasteiger partial charge in [0.1, 0.15) is 0 Å². The molecule has 0 aliphatic carbocycles. The maximum Gasteiger partial charge on any atom is 0.204 e. The fourth-order valence-corrected chi connectivity index (χ4v) is 2.56. The molecule has 1 heterocycles. The van der Waals surface area contributed by atoms with Crippen molar-refractivity contribution in [3.05, 3.63) is 17.7 Å². The lowest BCUT2D eigenvalue weighted by Gasteiger charge is -2.23. The van der Waals surface area contributed by atoms with Crippen LogP contribution in [0.15, 0.2) is 12.1 Å². The van der Waals surface area contributed by atoms with Crippen molar-refractivity contribution >= 4 is 5.78 Å². The zero-order valence-electron chi connectivity index (χ0n) is 12.2. The maximum atomic E-state index is 12.6. The molecule has 0 bridgehead atoms. The number of hydrogen-bond donors (Lipinski definition) is 1. The molecule has 0 saturated carbocycles. The second-order valence-electron chi connectivity index (χ2n) is 4.75. The standard InChI is InChI=1S/C15H21NO4/c1-18-12-8-7-10(14(19-2)15(12)20-3)13(17)11-6-4-5-9-16-11/h7-8,11,16H,4-6,9H2,1-3H3. The van der Waals surface area contributed by atoms with Crippen LogP contribution in [0.25, 0.3) is 0 Å². The van der Waals surface area contributed by atoms with Crippen LogP contribution in [0.1, 0.15) is 29.6 Å². The second-order valence-corrected chi connectivity index (χ2v) is 4.75. The lowest BCUT2D eigenvalue weighted by atomic mass is 9.95. The number of hydrogen-bond acceptors (Lipinski definition) is 5. The number of carbonyl (C=O) groups excluding carboxylic acids is 1. The summed E-state index contributed by atoms with van der Waals surface area (Å²) in [7, 11) is 4.62. The summed E-state index contributed by atoms with van der Waals surface area (Å²) in [5, 5.41) is 3.26. The largest absolute Gasteiger partial charge is 0.493 e. The Balaban J connectivity index is 2.37. The van der Waals surface area contributed by atoms with Crippen LogP contribution >= 0.6 is 0 Å². The first kappa shape index (κ1) is 14.7. The molecule has 0 amide bonds. The summed E-state index contributed by atoms with van der Waals surface area (Å²) < 4.78 is 15.9. The zero-order valence-corrected chi connectivity index (χ0v) is 12.2. The number of methoxy groups -OCH3 is 3. The Labute approximate surface area is 119 Å². The van der Waals surface area contributed by atoms with Gasteiger partial charge >= 0.3 is 0 Å². The van der Waals surface area contributed by atoms with E-state index in [9.17, 15) is 4.79 Å². The van der Waals surface area contributed by atoms with Crippen molar-refractivity contribution in [1.29, 1.82) is 0 Å². The third-order valence-corrected chi connectivity index (χ3v) is 3.60. The number of benzene rings is 1. The average molecular weight is 279 g/mol. The fourth-order valence-electron chi connectivity index (χ4n) is 2.56. The Morgan fingerprint density at radius 1 is 1.10 bits per heavy atom. The Morgan fingerprint density at radius 2 is 1.85 bits per heavy atom. The van der Waals surface area contributed by atoms with Gasteiger partial charge in [-0.15, -0.1) is 0 Å². The van der Waals surface area contributed by atoms with Gasteiger partial charge in [0.05, 0.1) is 32.9 Å². The molecule has 1 fully saturated rings. The highest BCUT2D eigenvalue weighted by molar-refractivity contribution is 6.03. The summed E-state index contributed by atoms with van der Waals surface area (Å²) in [5.74, 6) is 1.49. The van der Waals surface area contributed by atoms with Gasteiger partial charge in [0, 0.05) is 0 Å². The van der Waals surface area contributed by atoms with Crippen LogP contribution in [0.5, 0.6) is 17.2 Å². The van der Waals surface area contributed by atoms with Crippen LogP contribution in [0.4, 0.5) is 0 Å². The highest BCUT2D eigenvalue weighted by atomic mass is 16.5. The van der Waals surface area contributed by atoms with Crippen LogP contribution < -0.4 is 19.5 Å². The van der Waals surface area contributed by atoms with E-state index in [1.807, 2.05) is 0 Å². The lowest BCUT2D eigenvalue weighted by molar-refractivity contribution is 0.0923. The number of nitrogens with one attached hydrogen (secondary N) is 1. The summed E-state index contributed by atoms with van der Waals surface area (Å²) in [5.41, 5.74) is 0.532. The summed E-state index contributed by atoms with van der Waals surface area (Å²) in [4.78, 5) is 12.6. The molecule has 0 radical (unpaired) electrons. The summed E-state index contributed by atoms with van der Waals surface area (Å²) >= 11 is 0. The molecule has 1 aliphatic heterocycles. The molecular weight excluding hydrogens is 258 g/mol. The molecule has 1 aromatic carbocycles. The SMILES string of the molecule is COc1ccc(C(=O)C2CCCCN2)c(OC)c1OC. The number of piperidine rings is 1. The normalized spacial score (nSPS) is 18.4. The van der Waals surface area contributed by atoms with Gasteiger partial charge in [-0.3, -0.25) is 4.79 Å². The highest BCUT2D eigenvalue weighted by Gasteiger charge is 2.27. The van der Waals surface area contributed by atoms with Crippen molar-refractivity contribution < 1.29 is 19.0 Å². The van der Waals surface area contributed by atoms with Crippen molar-refractivity contribution in [3.63, 3.8) is 0 Å². The van der Waals surface area contributed by atoms with Crippen LogP contribution in [-0.4, -0.2) is 39.7 Å². The van der Waals surface area contributed by atoms with E-state index in [0.717, 1.165) is 25.8 Å². The third kappa shape index (κ3) is 2.72. The van der Waals surface area contributed by atoms with Gasteiger partial charge in [-0.25, -0.2) is 0 Å². The Bertz CT molecular complexity index is 481. The molecule has 20 heavy (non-hydrogen) atoms. The summed E-state index contributed by atoms with van der Waals surface area (Å²) in [6.07, 6.45) is 3.04. The van der Waals surface area contributed by atoms with Gasteiger partial charge in [0.2, 0.25) is 5.75 Å². The van der Waals surface area contributed by atoms with Crippen LogP contribution in [0.2, 0.25) is 0 Å². The molecule has 1 aliphatic rings. The summed E-state index contributed by atoms with van der Waals surface area (Å²) in [6, 6.07) is 3.33. The quantitative estimate of drug-likeness (QED) is 0.836. The van der Waals surface area contributed by atoms with Crippen molar-refractivity contribution in [1.82, 2.24) is 5.32 Å². The van der Waals surface area contributed by atoms with E-state index in [0.29, 0.717) is 22.8 Å². The van der Waals surface area contributed by atoms with E-state index >= 15 is 0 Å². The Hall–Kier alpha value is -1.75. The van der Waals surface area contributed by atoms with Crippen LogP contribution in [0, 0.1) is 0 Å². The molecule has 5 nitrogen and oxygen atoms in total. The van der Waals surface area contributed by atoms with Crippen molar-refractivity contribution in [2.75, 3.05) is 27.9 Å². The number of Topliss-reactive ketones (excluding diaryl/α,β-unsaturated/α-hetero) is 1. The second kappa shape index (κ2) is 6.61. The van der Waals surface area contributed by atoms with Gasteiger partial charge < -0.3 is 19.5 Å². The van der Waals surface area contributed by atoms with Crippen molar-refractivity contribution in [2.24, 2.45) is 0 Å². The predicted octanol–water partition coefficient (Wildman–Crippen LogP) is 2.04. The third-order valence-electron chi connectivity index (χ3n) is 3.60. The lowest BCUT2D eigenvalue weighted by Crippen LogP contribution is -2.40. The monoisotopic (exact) mass is 279 g/mol. The van der Waals surface area contributed by atoms with Gasteiger partial charge in [0.15, 0.2) is 17.3 Å². The van der Waals surface area contributed by atoms with Crippen molar-refractivity contribution in [2.45, 2.75) is 25.3 Å². The smallest absolute Gasteiger partial charge is 0.204 e. The predicted molar refractivity (Wildman–Crippen MR) is 76.1 cm³/mol. The van der Waals surface area contributed by atoms with Gasteiger partial charge in [-0.1, -0.05) is 6.42 Å². The maximum absolute atomic E-state index is 12.6. The van der Waals surface area contributed by atoms with Gasteiger partial charge in [-0.2, -0.15) is 0 Å². The molecule has 1 atom stereocenters. The molecule has 1 unspecified atom stereocenters. The zero-order chi connectivity index (χ0) is 14.5. The molecule has 1 N–H and O–H groups in total. The van der Waals surface area contributed by atoms with Crippen LogP contribution in [-0.2, 0) is 0 Å². The Kier molecular flexibility index (Phi) is 4.84. The molecule has 1 saturated heterocycles. The first-order valence-corrected chi connectivity index (χ1v) is 6.79. The minimum Gasteiger partial charge on any atom is -0.493 e. The van der Waals surface area contributed by atoms with E-state index in [-0.39, 0.29) is 11.8 Å². The number of rotatable bonds is 5. The topological polar surface area (TPSA) is 56.8 Å². The molecule has 110 valence electrons. The van der Waals surface area contributed by atoms with Crippen molar-refractivity contribution in [3.8, 4) is 17.2 Å². The summed E-state index contributed by atoms with van der Waals surface area (Å²) in [6.45, 7) is 0.881. The molecule has 0 spiro atoms.